The fraction of sp³-hybridized carbons (Fsp3) is 0.357. The average Bonchev–Trinajstić information content (AvgIpc) is 3.02. The van der Waals surface area contributed by atoms with Crippen LogP contribution in [0.1, 0.15) is 55.0 Å². The van der Waals surface area contributed by atoms with E-state index in [4.69, 9.17) is 21.3 Å². The molecule has 35 heavy (non-hydrogen) atoms. The van der Waals surface area contributed by atoms with Crippen LogP contribution in [0.25, 0.3) is 22.2 Å². The Morgan fingerprint density at radius 3 is 2.20 bits per heavy atom. The molecule has 4 rings (SSSR count). The Hall–Kier alpha value is -2.77. The van der Waals surface area contributed by atoms with Crippen molar-refractivity contribution in [3.8, 4) is 11.1 Å². The molecule has 184 valence electrons. The molecule has 6 nitrogen and oxygen atoms in total. The minimum Gasteiger partial charge on any atom is -0.366 e. The third-order valence-electron chi connectivity index (χ3n) is 6.24. The maximum atomic E-state index is 10.4. The van der Waals surface area contributed by atoms with Crippen LogP contribution < -0.4 is 0 Å². The van der Waals surface area contributed by atoms with Crippen molar-refractivity contribution in [2.75, 3.05) is 0 Å². The number of aliphatic hydroxyl groups excluding tert-OH is 1. The smallest absolute Gasteiger partial charge is 0.182 e. The highest BCUT2D eigenvalue weighted by Gasteiger charge is 2.33. The molecule has 0 saturated carbocycles. The Morgan fingerprint density at radius 2 is 1.63 bits per heavy atom. The second-order valence-corrected chi connectivity index (χ2v) is 10.3. The highest BCUT2D eigenvalue weighted by atomic mass is 35.5. The van der Waals surface area contributed by atoms with Gasteiger partial charge >= 0.3 is 0 Å². The lowest BCUT2D eigenvalue weighted by Crippen LogP contribution is -2.31. The van der Waals surface area contributed by atoms with Gasteiger partial charge in [-0.05, 0) is 82.5 Å². The van der Waals surface area contributed by atoms with Crippen LogP contribution in [0.4, 0.5) is 0 Å². The van der Waals surface area contributed by atoms with Gasteiger partial charge in [0.05, 0.1) is 5.60 Å². The molecule has 1 unspecified atom stereocenters. The topological polar surface area (TPSA) is 80.4 Å². The van der Waals surface area contributed by atoms with Crippen LogP contribution >= 0.6 is 11.6 Å². The van der Waals surface area contributed by atoms with Gasteiger partial charge in [0.2, 0.25) is 0 Å². The predicted molar refractivity (Wildman–Crippen MR) is 140 cm³/mol. The van der Waals surface area contributed by atoms with Gasteiger partial charge in [-0.3, -0.25) is 4.98 Å². The highest BCUT2D eigenvalue weighted by Crippen LogP contribution is 2.43. The molecule has 0 spiro atoms. The zero-order valence-electron chi connectivity index (χ0n) is 21.0. The molecule has 0 amide bonds. The molecule has 3 heterocycles. The van der Waals surface area contributed by atoms with E-state index in [1.807, 2.05) is 64.1 Å². The van der Waals surface area contributed by atoms with Crippen molar-refractivity contribution in [1.82, 2.24) is 14.5 Å². The Labute approximate surface area is 211 Å². The fourth-order valence-corrected chi connectivity index (χ4v) is 4.70. The van der Waals surface area contributed by atoms with Crippen molar-refractivity contribution in [3.63, 3.8) is 0 Å². The number of ether oxygens (including phenoxy) is 1. The van der Waals surface area contributed by atoms with Crippen LogP contribution in [0, 0.1) is 20.8 Å². The first kappa shape index (κ1) is 25.3. The number of pyridine rings is 2. The number of hydrogen-bond donors (Lipinski definition) is 2. The number of aliphatic hydroxyl groups is 2. The lowest BCUT2D eigenvalue weighted by Gasteiger charge is -2.31. The van der Waals surface area contributed by atoms with Gasteiger partial charge in [-0.2, -0.15) is 0 Å². The Morgan fingerprint density at radius 1 is 1.00 bits per heavy atom. The van der Waals surface area contributed by atoms with Gasteiger partial charge in [-0.1, -0.05) is 23.7 Å². The largest absolute Gasteiger partial charge is 0.366 e. The lowest BCUT2D eigenvalue weighted by atomic mass is 9.90. The van der Waals surface area contributed by atoms with E-state index >= 15 is 0 Å². The van der Waals surface area contributed by atoms with Gasteiger partial charge in [-0.25, -0.2) is 4.98 Å². The summed E-state index contributed by atoms with van der Waals surface area (Å²) in [5.41, 5.74) is 6.65. The SMILES string of the molecule is Cc1nc2c(c(C)c(C)n2Cc2ccncc2)c(-c2ccc(Cl)cc2)c1C(OC(C)(C)C)C(O)O. The number of fused-ring (bicyclic) bond motifs is 1. The summed E-state index contributed by atoms with van der Waals surface area (Å²) < 4.78 is 8.39. The highest BCUT2D eigenvalue weighted by molar-refractivity contribution is 6.30. The number of aromatic nitrogens is 3. The Balaban J connectivity index is 2.07. The third-order valence-corrected chi connectivity index (χ3v) is 6.50. The van der Waals surface area contributed by atoms with E-state index in [1.165, 1.54) is 0 Å². The molecule has 1 aromatic carbocycles. The molecule has 0 saturated heterocycles. The summed E-state index contributed by atoms with van der Waals surface area (Å²) in [5, 5.41) is 22.5. The molecular weight excluding hydrogens is 462 g/mol. The summed E-state index contributed by atoms with van der Waals surface area (Å²) in [7, 11) is 0. The number of halogens is 1. The Bertz CT molecular complexity index is 1340. The maximum absolute atomic E-state index is 10.4. The van der Waals surface area contributed by atoms with Crippen LogP contribution in [-0.4, -0.2) is 36.6 Å². The number of benzene rings is 1. The van der Waals surface area contributed by atoms with Crippen LogP contribution in [0.15, 0.2) is 48.8 Å². The van der Waals surface area contributed by atoms with Crippen LogP contribution in [0.2, 0.25) is 5.02 Å². The monoisotopic (exact) mass is 493 g/mol. The first-order valence-electron chi connectivity index (χ1n) is 11.7. The number of hydrogen-bond acceptors (Lipinski definition) is 5. The summed E-state index contributed by atoms with van der Waals surface area (Å²) in [6, 6.07) is 11.6. The van der Waals surface area contributed by atoms with Crippen molar-refractivity contribution in [2.45, 2.75) is 66.1 Å². The quantitative estimate of drug-likeness (QED) is 0.327. The molecule has 0 radical (unpaired) electrons. The first-order chi connectivity index (χ1) is 16.5. The van der Waals surface area contributed by atoms with Crippen molar-refractivity contribution in [1.29, 1.82) is 0 Å². The summed E-state index contributed by atoms with van der Waals surface area (Å²) in [5.74, 6) is 0. The summed E-state index contributed by atoms with van der Waals surface area (Å²) in [4.78, 5) is 9.14. The van der Waals surface area contributed by atoms with Gasteiger partial charge in [0, 0.05) is 51.9 Å². The second kappa shape index (κ2) is 9.70. The molecule has 2 N–H and O–H groups in total. The standard InChI is InChI=1S/C28H32ClN3O3/c1-16-18(3)32(15-19-11-13-30-14-12-19)26-22(16)24(20-7-9-21(29)10-8-20)23(17(2)31-26)25(27(33)34)35-28(4,5)6/h7-14,25,27,33-34H,15H2,1-6H3. The van der Waals surface area contributed by atoms with E-state index in [2.05, 4.69) is 23.4 Å². The van der Waals surface area contributed by atoms with Crippen molar-refractivity contribution in [3.05, 3.63) is 81.9 Å². The van der Waals surface area contributed by atoms with E-state index in [-0.39, 0.29) is 0 Å². The normalized spacial score (nSPS) is 13.1. The van der Waals surface area contributed by atoms with Crippen molar-refractivity contribution in [2.24, 2.45) is 0 Å². The first-order valence-corrected chi connectivity index (χ1v) is 12.0. The summed E-state index contributed by atoms with van der Waals surface area (Å²) >= 11 is 6.21. The average molecular weight is 494 g/mol. The van der Waals surface area contributed by atoms with Gasteiger partial charge < -0.3 is 19.5 Å². The van der Waals surface area contributed by atoms with Crippen molar-refractivity contribution < 1.29 is 14.9 Å². The molecule has 0 aliphatic heterocycles. The van der Waals surface area contributed by atoms with E-state index in [0.717, 1.165) is 39.0 Å². The molecular formula is C28H32ClN3O3. The van der Waals surface area contributed by atoms with Gasteiger partial charge in [0.25, 0.3) is 0 Å². The summed E-state index contributed by atoms with van der Waals surface area (Å²) in [6.07, 6.45) is 0.867. The maximum Gasteiger partial charge on any atom is 0.182 e. The zero-order valence-corrected chi connectivity index (χ0v) is 21.8. The van der Waals surface area contributed by atoms with E-state index in [9.17, 15) is 10.2 Å². The van der Waals surface area contributed by atoms with Gasteiger partial charge in [-0.15, -0.1) is 0 Å². The fourth-order valence-electron chi connectivity index (χ4n) is 4.57. The number of aryl methyl sites for hydroxylation is 2. The van der Waals surface area contributed by atoms with Crippen LogP contribution in [0.3, 0.4) is 0 Å². The molecule has 0 aliphatic rings. The van der Waals surface area contributed by atoms with Crippen LogP contribution in [0.5, 0.6) is 0 Å². The zero-order chi connectivity index (χ0) is 25.5. The molecule has 7 heteroatoms. The van der Waals surface area contributed by atoms with Gasteiger partial charge in [0.15, 0.2) is 6.29 Å². The number of nitrogens with zero attached hydrogens (tertiary/aromatic N) is 3. The van der Waals surface area contributed by atoms with E-state index in [0.29, 0.717) is 22.8 Å². The minimum atomic E-state index is -1.72. The molecule has 0 fully saturated rings. The molecule has 4 aromatic rings. The molecule has 0 bridgehead atoms. The van der Waals surface area contributed by atoms with E-state index in [1.54, 1.807) is 12.4 Å². The summed E-state index contributed by atoms with van der Waals surface area (Å²) in [6.45, 7) is 12.4. The Kier molecular flexibility index (Phi) is 7.02. The number of rotatable bonds is 6. The molecule has 0 aliphatic carbocycles. The van der Waals surface area contributed by atoms with Crippen LogP contribution in [-0.2, 0) is 11.3 Å². The lowest BCUT2D eigenvalue weighted by molar-refractivity contribution is -0.185. The second-order valence-electron chi connectivity index (χ2n) is 9.91. The minimum absolute atomic E-state index is 0.606. The molecule has 3 aromatic heterocycles. The third kappa shape index (κ3) is 5.11. The van der Waals surface area contributed by atoms with Crippen molar-refractivity contribution >= 4 is 22.6 Å². The van der Waals surface area contributed by atoms with Gasteiger partial charge in [0.1, 0.15) is 11.8 Å². The van der Waals surface area contributed by atoms with E-state index < -0.39 is 18.0 Å². The molecule has 1 atom stereocenters. The predicted octanol–water partition coefficient (Wildman–Crippen LogP) is 5.89.